The number of carbonyl (C=O) groups is 4. The summed E-state index contributed by atoms with van der Waals surface area (Å²) in [5, 5.41) is 15.3. The van der Waals surface area contributed by atoms with Crippen LogP contribution in [-0.2, 0) is 19.1 Å². The topological polar surface area (TPSA) is 151 Å². The zero-order valence-corrected chi connectivity index (χ0v) is 21.5. The number of rotatable bonds is 9. The fraction of sp³-hybridized carbons (Fsp3) is 0.600. The number of hydrogen-bond donors (Lipinski definition) is 4. The lowest BCUT2D eigenvalue weighted by Gasteiger charge is -2.35. The summed E-state index contributed by atoms with van der Waals surface area (Å²) < 4.78 is 5.27. The minimum absolute atomic E-state index is 0.0626. The first kappa shape index (κ1) is 27.9. The van der Waals surface area contributed by atoms with Gasteiger partial charge in [0, 0.05) is 12.1 Å². The monoisotopic (exact) mass is 490 g/mol. The van der Waals surface area contributed by atoms with Crippen molar-refractivity contribution in [3.63, 3.8) is 0 Å². The molecule has 0 spiro atoms. The molecule has 1 saturated carbocycles. The highest BCUT2D eigenvalue weighted by atomic mass is 16.6. The van der Waals surface area contributed by atoms with Crippen LogP contribution in [0.3, 0.4) is 0 Å². The molecular formula is C25H38N4O6. The summed E-state index contributed by atoms with van der Waals surface area (Å²) in [6.45, 7) is 12.3. The van der Waals surface area contributed by atoms with E-state index in [9.17, 15) is 24.3 Å². The van der Waals surface area contributed by atoms with Gasteiger partial charge in [-0.3, -0.25) is 14.4 Å². The van der Waals surface area contributed by atoms with Crippen LogP contribution < -0.4 is 16.4 Å². The van der Waals surface area contributed by atoms with Gasteiger partial charge in [0.2, 0.25) is 17.7 Å². The molecule has 0 bridgehead atoms. The molecule has 0 radical (unpaired) electrons. The summed E-state index contributed by atoms with van der Waals surface area (Å²) >= 11 is 0. The van der Waals surface area contributed by atoms with Crippen LogP contribution >= 0.6 is 0 Å². The summed E-state index contributed by atoms with van der Waals surface area (Å²) in [6.07, 6.45) is -0.670. The molecule has 1 fully saturated rings. The van der Waals surface area contributed by atoms with Crippen LogP contribution in [-0.4, -0.2) is 57.5 Å². The quantitative estimate of drug-likeness (QED) is 0.417. The van der Waals surface area contributed by atoms with Gasteiger partial charge in [0.15, 0.2) is 0 Å². The highest BCUT2D eigenvalue weighted by Gasteiger charge is 2.48. The molecule has 194 valence electrons. The van der Waals surface area contributed by atoms with E-state index in [0.29, 0.717) is 17.5 Å². The lowest BCUT2D eigenvalue weighted by molar-refractivity contribution is -0.144. The van der Waals surface area contributed by atoms with E-state index in [1.807, 2.05) is 20.8 Å². The van der Waals surface area contributed by atoms with Crippen LogP contribution in [0.4, 0.5) is 4.79 Å². The maximum atomic E-state index is 13.9. The number of nitrogens with zero attached hydrogens (tertiary/aromatic N) is 1. The number of carbonyl (C=O) groups excluding carboxylic acids is 4. The van der Waals surface area contributed by atoms with E-state index in [1.54, 1.807) is 39.8 Å². The van der Waals surface area contributed by atoms with E-state index in [4.69, 9.17) is 10.5 Å². The number of nitrogens with two attached hydrogens (primary N) is 1. The predicted molar refractivity (Wildman–Crippen MR) is 130 cm³/mol. The number of benzene rings is 1. The number of aryl methyl sites for hydroxylation is 1. The van der Waals surface area contributed by atoms with Crippen LogP contribution in [0.25, 0.3) is 0 Å². The van der Waals surface area contributed by atoms with Crippen molar-refractivity contribution in [3.8, 4) is 5.75 Å². The number of primary amides is 1. The Bertz CT molecular complexity index is 971. The lowest BCUT2D eigenvalue weighted by atomic mass is 9.99. The third kappa shape index (κ3) is 7.87. The van der Waals surface area contributed by atoms with E-state index in [0.717, 1.165) is 0 Å². The SMILES string of the molecule is Cc1cc(C(C(=O)NC(C)C)N(C(=O)C(CC(N)=O)NC(=O)OC(C)(C)C)C2CC2C)ccc1O. The summed E-state index contributed by atoms with van der Waals surface area (Å²) in [6, 6.07) is 1.87. The molecule has 35 heavy (non-hydrogen) atoms. The average Bonchev–Trinajstić information content (AvgIpc) is 3.40. The first-order chi connectivity index (χ1) is 16.1. The van der Waals surface area contributed by atoms with Gasteiger partial charge in [-0.15, -0.1) is 0 Å². The molecule has 1 aromatic rings. The average molecular weight is 491 g/mol. The zero-order valence-electron chi connectivity index (χ0n) is 21.5. The second kappa shape index (κ2) is 11.0. The molecule has 10 nitrogen and oxygen atoms in total. The van der Waals surface area contributed by atoms with E-state index < -0.39 is 47.9 Å². The number of aromatic hydroxyl groups is 1. The van der Waals surface area contributed by atoms with Gasteiger partial charge in [-0.2, -0.15) is 0 Å². The van der Waals surface area contributed by atoms with Gasteiger partial charge in [0.25, 0.3) is 0 Å². The van der Waals surface area contributed by atoms with Gasteiger partial charge in [0.05, 0.1) is 6.42 Å². The normalized spacial score (nSPS) is 18.9. The van der Waals surface area contributed by atoms with E-state index in [-0.39, 0.29) is 23.8 Å². The Hall–Kier alpha value is -3.30. The lowest BCUT2D eigenvalue weighted by Crippen LogP contribution is -2.55. The standard InChI is InChI=1S/C25H38N4O6/c1-13(2)27-22(32)21(16-8-9-19(30)15(4)10-16)29(18-11-14(18)3)23(33)17(12-20(26)31)28-24(34)35-25(5,6)7/h8-10,13-14,17-18,21,30H,11-12H2,1-7H3,(H2,26,31)(H,27,32)(H,28,34). The van der Waals surface area contributed by atoms with Crippen LogP contribution in [0, 0.1) is 12.8 Å². The second-order valence-electron chi connectivity index (χ2n) is 10.5. The highest BCUT2D eigenvalue weighted by Crippen LogP contribution is 2.41. The van der Waals surface area contributed by atoms with E-state index in [2.05, 4.69) is 10.6 Å². The predicted octanol–water partition coefficient (Wildman–Crippen LogP) is 2.27. The van der Waals surface area contributed by atoms with Crippen LogP contribution in [0.5, 0.6) is 5.75 Å². The molecule has 1 aromatic carbocycles. The van der Waals surface area contributed by atoms with Gasteiger partial charge in [-0.05, 0) is 77.1 Å². The smallest absolute Gasteiger partial charge is 0.408 e. The van der Waals surface area contributed by atoms with Crippen LogP contribution in [0.1, 0.15) is 71.6 Å². The van der Waals surface area contributed by atoms with Crippen molar-refractivity contribution in [2.45, 2.75) is 91.1 Å². The van der Waals surface area contributed by atoms with Crippen molar-refractivity contribution in [3.05, 3.63) is 29.3 Å². The van der Waals surface area contributed by atoms with E-state index in [1.165, 1.54) is 11.0 Å². The molecular weight excluding hydrogens is 452 g/mol. The molecule has 1 aliphatic rings. The van der Waals surface area contributed by atoms with Gasteiger partial charge < -0.3 is 31.1 Å². The van der Waals surface area contributed by atoms with Crippen molar-refractivity contribution >= 4 is 23.8 Å². The Balaban J connectivity index is 2.52. The Morgan fingerprint density at radius 3 is 2.26 bits per heavy atom. The Kier molecular flexibility index (Phi) is 8.75. The first-order valence-corrected chi connectivity index (χ1v) is 11.8. The van der Waals surface area contributed by atoms with Crippen molar-refractivity contribution in [1.82, 2.24) is 15.5 Å². The number of phenolic OH excluding ortho intramolecular Hbond substituents is 1. The van der Waals surface area contributed by atoms with Gasteiger partial charge in [-0.25, -0.2) is 4.79 Å². The maximum Gasteiger partial charge on any atom is 0.408 e. The van der Waals surface area contributed by atoms with Gasteiger partial charge in [-0.1, -0.05) is 13.0 Å². The molecule has 4 amide bonds. The second-order valence-corrected chi connectivity index (χ2v) is 10.5. The van der Waals surface area contributed by atoms with Gasteiger partial charge >= 0.3 is 6.09 Å². The number of nitrogens with one attached hydrogen (secondary N) is 2. The largest absolute Gasteiger partial charge is 0.508 e. The Morgan fingerprint density at radius 2 is 1.80 bits per heavy atom. The zero-order chi connectivity index (χ0) is 26.7. The molecule has 1 aliphatic carbocycles. The number of amides is 4. The molecule has 0 aliphatic heterocycles. The fourth-order valence-corrected chi connectivity index (χ4v) is 3.85. The third-order valence-electron chi connectivity index (χ3n) is 5.57. The van der Waals surface area contributed by atoms with Crippen molar-refractivity contribution in [2.24, 2.45) is 11.7 Å². The molecule has 0 heterocycles. The molecule has 10 heteroatoms. The van der Waals surface area contributed by atoms with Crippen LogP contribution in [0.2, 0.25) is 0 Å². The fourth-order valence-electron chi connectivity index (χ4n) is 3.85. The number of ether oxygens (including phenoxy) is 1. The molecule has 5 N–H and O–H groups in total. The summed E-state index contributed by atoms with van der Waals surface area (Å²) in [5.74, 6) is -1.63. The highest BCUT2D eigenvalue weighted by molar-refractivity contribution is 5.95. The number of phenols is 1. The van der Waals surface area contributed by atoms with E-state index >= 15 is 0 Å². The molecule has 4 atom stereocenters. The minimum atomic E-state index is -1.32. The third-order valence-corrected chi connectivity index (χ3v) is 5.57. The van der Waals surface area contributed by atoms with Crippen LogP contribution in [0.15, 0.2) is 18.2 Å². The first-order valence-electron chi connectivity index (χ1n) is 11.8. The Morgan fingerprint density at radius 1 is 1.20 bits per heavy atom. The minimum Gasteiger partial charge on any atom is -0.508 e. The molecule has 4 unspecified atom stereocenters. The summed E-state index contributed by atoms with van der Waals surface area (Å²) in [7, 11) is 0. The Labute approximate surface area is 206 Å². The number of hydrogen-bond acceptors (Lipinski definition) is 6. The van der Waals surface area contributed by atoms with Crippen molar-refractivity contribution in [2.75, 3.05) is 0 Å². The molecule has 0 saturated heterocycles. The summed E-state index contributed by atoms with van der Waals surface area (Å²) in [4.78, 5) is 53.0. The summed E-state index contributed by atoms with van der Waals surface area (Å²) in [5.41, 5.74) is 5.62. The maximum absolute atomic E-state index is 13.9. The molecule has 2 rings (SSSR count). The van der Waals surface area contributed by atoms with Gasteiger partial charge in [0.1, 0.15) is 23.4 Å². The van der Waals surface area contributed by atoms with Crippen molar-refractivity contribution in [1.29, 1.82) is 0 Å². The number of alkyl carbamates (subject to hydrolysis) is 1. The molecule has 0 aromatic heterocycles. The van der Waals surface area contributed by atoms with Crippen molar-refractivity contribution < 1.29 is 29.0 Å².